The van der Waals surface area contributed by atoms with E-state index in [-0.39, 0.29) is 5.92 Å². The van der Waals surface area contributed by atoms with Gasteiger partial charge in [-0.25, -0.2) is 4.79 Å². The second-order valence-corrected chi connectivity index (χ2v) is 6.54. The molecule has 2 heterocycles. The summed E-state index contributed by atoms with van der Waals surface area (Å²) in [5.41, 5.74) is -0.0652. The highest BCUT2D eigenvalue weighted by molar-refractivity contribution is 7.13. The molecule has 1 aromatic heterocycles. The summed E-state index contributed by atoms with van der Waals surface area (Å²) in [7, 11) is 0. The van der Waals surface area contributed by atoms with Gasteiger partial charge in [0, 0.05) is 16.2 Å². The van der Waals surface area contributed by atoms with E-state index in [4.69, 9.17) is 9.68 Å². The van der Waals surface area contributed by atoms with Gasteiger partial charge in [-0.3, -0.25) is 0 Å². The summed E-state index contributed by atoms with van der Waals surface area (Å²) in [4.78, 5) is 24.8. The third-order valence-electron chi connectivity index (χ3n) is 3.88. The Morgan fingerprint density at radius 2 is 2.45 bits per heavy atom. The van der Waals surface area contributed by atoms with Crippen LogP contribution in [0.2, 0.25) is 0 Å². The van der Waals surface area contributed by atoms with Crippen molar-refractivity contribution in [2.24, 2.45) is 16.2 Å². The number of hydrogen-bond acceptors (Lipinski definition) is 6. The van der Waals surface area contributed by atoms with Crippen molar-refractivity contribution in [1.29, 1.82) is 0 Å². The monoisotopic (exact) mass is 292 g/mol. The number of carbonyl (C=O) groups is 1. The van der Waals surface area contributed by atoms with E-state index < -0.39 is 11.6 Å². The van der Waals surface area contributed by atoms with Crippen LogP contribution in [0.15, 0.2) is 22.4 Å². The number of hydrogen-bond donors (Lipinski definition) is 0. The Bertz CT molecular complexity index is 593. The predicted octanol–water partition coefficient (Wildman–Crippen LogP) is 2.88. The average molecular weight is 292 g/mol. The van der Waals surface area contributed by atoms with Crippen molar-refractivity contribution in [3.63, 3.8) is 0 Å². The van der Waals surface area contributed by atoms with E-state index in [9.17, 15) is 4.79 Å². The van der Waals surface area contributed by atoms with Crippen LogP contribution in [0.25, 0.3) is 0 Å². The largest absolute Gasteiger partial charge is 0.381 e. The van der Waals surface area contributed by atoms with Crippen LogP contribution in [0.4, 0.5) is 0 Å². The Balaban J connectivity index is 1.66. The van der Waals surface area contributed by atoms with E-state index in [1.54, 1.807) is 17.6 Å². The predicted molar refractivity (Wildman–Crippen MR) is 77.0 cm³/mol. The van der Waals surface area contributed by atoms with E-state index in [2.05, 4.69) is 10.3 Å². The molecule has 106 valence electrons. The van der Waals surface area contributed by atoms with Gasteiger partial charge in [-0.2, -0.15) is 0 Å². The van der Waals surface area contributed by atoms with Crippen molar-refractivity contribution >= 4 is 29.2 Å². The Labute approximate surface area is 121 Å². The molecule has 1 aliphatic heterocycles. The van der Waals surface area contributed by atoms with Crippen LogP contribution >= 0.6 is 11.3 Å². The lowest BCUT2D eigenvalue weighted by molar-refractivity contribution is -0.171. The lowest BCUT2D eigenvalue weighted by atomic mass is 9.88. The Morgan fingerprint density at radius 3 is 3.20 bits per heavy atom. The number of thiophene rings is 1. The fourth-order valence-electron chi connectivity index (χ4n) is 2.86. The van der Waals surface area contributed by atoms with Gasteiger partial charge >= 0.3 is 5.97 Å². The highest BCUT2D eigenvalue weighted by Crippen LogP contribution is 2.44. The van der Waals surface area contributed by atoms with E-state index in [0.29, 0.717) is 6.42 Å². The lowest BCUT2D eigenvalue weighted by Gasteiger charge is -2.22. The smallest absolute Gasteiger partial charge is 0.376 e. The summed E-state index contributed by atoms with van der Waals surface area (Å²) in [5, 5.41) is 7.73. The van der Waals surface area contributed by atoms with Crippen LogP contribution in [0, 0.1) is 12.8 Å². The fraction of sp³-hybridized carbons (Fsp3) is 0.500. The molecule has 2 aliphatic rings. The van der Waals surface area contributed by atoms with Crippen molar-refractivity contribution in [3.05, 3.63) is 21.9 Å². The van der Waals surface area contributed by atoms with Gasteiger partial charge < -0.3 is 9.68 Å². The van der Waals surface area contributed by atoms with E-state index in [0.717, 1.165) is 23.4 Å². The molecule has 0 aromatic carbocycles. The van der Waals surface area contributed by atoms with Gasteiger partial charge in [-0.1, -0.05) is 10.3 Å². The second-order valence-electron chi connectivity index (χ2n) is 5.22. The van der Waals surface area contributed by atoms with Crippen LogP contribution in [0.1, 0.15) is 35.9 Å². The van der Waals surface area contributed by atoms with Crippen LogP contribution in [-0.4, -0.2) is 23.5 Å². The summed E-state index contributed by atoms with van der Waals surface area (Å²) >= 11 is 1.60. The lowest BCUT2D eigenvalue weighted by Crippen LogP contribution is -2.43. The summed E-state index contributed by atoms with van der Waals surface area (Å²) in [6, 6.07) is 3.93. The molecular formula is C14H16N2O3S. The minimum atomic E-state index is -0.938. The Kier molecular flexibility index (Phi) is 3.33. The van der Waals surface area contributed by atoms with Gasteiger partial charge in [0.2, 0.25) is 5.60 Å². The Hall–Kier alpha value is -1.69. The molecule has 1 aromatic rings. The molecule has 2 atom stereocenters. The third kappa shape index (κ3) is 2.14. The van der Waals surface area contributed by atoms with Crippen molar-refractivity contribution < 1.29 is 14.5 Å². The van der Waals surface area contributed by atoms with Gasteiger partial charge in [0.05, 0.1) is 17.8 Å². The molecule has 0 spiro atoms. The van der Waals surface area contributed by atoms with Crippen LogP contribution in [-0.2, 0) is 14.5 Å². The number of fused-ring (bicyclic) bond motifs is 1. The summed E-state index contributed by atoms with van der Waals surface area (Å²) in [5.74, 6) is -0.403. The molecular weight excluding hydrogens is 276 g/mol. The van der Waals surface area contributed by atoms with E-state index in [1.165, 1.54) is 4.88 Å². The van der Waals surface area contributed by atoms with Crippen molar-refractivity contribution in [2.45, 2.75) is 38.7 Å². The maximum absolute atomic E-state index is 12.3. The molecule has 0 radical (unpaired) electrons. The SMILES string of the molecule is CC1=NOC2(C(=O)O/N=C/c3ccc(C)s3)CCCC12. The second kappa shape index (κ2) is 5.01. The van der Waals surface area contributed by atoms with E-state index >= 15 is 0 Å². The average Bonchev–Trinajstić information content (AvgIpc) is 3.08. The topological polar surface area (TPSA) is 60.2 Å². The standard InChI is InChI=1S/C14H16N2O3S/c1-9-5-6-11(20-9)8-15-18-13(17)14-7-3-4-12(14)10(2)16-19-14/h5-6,8,12H,3-4,7H2,1-2H3/b15-8+. The van der Waals surface area contributed by atoms with Gasteiger partial charge in [-0.05, 0) is 38.8 Å². The number of rotatable bonds is 3. The molecule has 0 bridgehead atoms. The first kappa shape index (κ1) is 13.3. The van der Waals surface area contributed by atoms with Gasteiger partial charge in [0.15, 0.2) is 0 Å². The zero-order valence-corrected chi connectivity index (χ0v) is 12.3. The summed E-state index contributed by atoms with van der Waals surface area (Å²) < 4.78 is 0. The summed E-state index contributed by atoms with van der Waals surface area (Å²) in [6.45, 7) is 3.91. The number of aryl methyl sites for hydroxylation is 1. The minimum Gasteiger partial charge on any atom is -0.376 e. The molecule has 0 amide bonds. The Morgan fingerprint density at radius 1 is 1.60 bits per heavy atom. The molecule has 5 nitrogen and oxygen atoms in total. The summed E-state index contributed by atoms with van der Waals surface area (Å²) in [6.07, 6.45) is 4.06. The number of nitrogens with zero attached hydrogens (tertiary/aromatic N) is 2. The first-order chi connectivity index (χ1) is 9.62. The van der Waals surface area contributed by atoms with Crippen LogP contribution < -0.4 is 0 Å². The molecule has 20 heavy (non-hydrogen) atoms. The number of carbonyl (C=O) groups excluding carboxylic acids is 1. The van der Waals surface area contributed by atoms with Gasteiger partial charge in [-0.15, -0.1) is 11.3 Å². The van der Waals surface area contributed by atoms with Crippen molar-refractivity contribution in [2.75, 3.05) is 0 Å². The molecule has 6 heteroatoms. The van der Waals surface area contributed by atoms with Crippen molar-refractivity contribution in [1.82, 2.24) is 0 Å². The fourth-order valence-corrected chi connectivity index (χ4v) is 3.60. The van der Waals surface area contributed by atoms with E-state index in [1.807, 2.05) is 26.0 Å². The van der Waals surface area contributed by atoms with Crippen LogP contribution in [0.3, 0.4) is 0 Å². The highest BCUT2D eigenvalue weighted by atomic mass is 32.1. The first-order valence-corrected chi connectivity index (χ1v) is 7.47. The zero-order valence-electron chi connectivity index (χ0n) is 11.5. The minimum absolute atomic E-state index is 0.0363. The molecule has 0 N–H and O–H groups in total. The van der Waals surface area contributed by atoms with Crippen molar-refractivity contribution in [3.8, 4) is 0 Å². The number of oxime groups is 2. The maximum Gasteiger partial charge on any atom is 0.381 e. The molecule has 2 unspecified atom stereocenters. The first-order valence-electron chi connectivity index (χ1n) is 6.66. The van der Waals surface area contributed by atoms with Gasteiger partial charge in [0.1, 0.15) is 0 Å². The van der Waals surface area contributed by atoms with Crippen LogP contribution in [0.5, 0.6) is 0 Å². The quantitative estimate of drug-likeness (QED) is 0.489. The molecule has 1 saturated carbocycles. The molecule has 0 saturated heterocycles. The maximum atomic E-state index is 12.3. The normalized spacial score (nSPS) is 28.3. The molecule has 1 aliphatic carbocycles. The van der Waals surface area contributed by atoms with Gasteiger partial charge in [0.25, 0.3) is 0 Å². The zero-order chi connectivity index (χ0) is 14.2. The highest BCUT2D eigenvalue weighted by Gasteiger charge is 2.58. The molecule has 1 fully saturated rings. The molecule has 3 rings (SSSR count). The third-order valence-corrected chi connectivity index (χ3v) is 4.82.